The molecule has 0 heterocycles. The van der Waals surface area contributed by atoms with Crippen molar-refractivity contribution in [1.29, 1.82) is 0 Å². The largest absolute Gasteiger partial charge is 0.306 e. The first-order valence-electron chi connectivity index (χ1n) is 5.89. The molecule has 94 valence electrons. The smallest absolute Gasteiger partial charge is 0.123 e. The number of benzene rings is 2. The van der Waals surface area contributed by atoms with E-state index in [0.717, 1.165) is 16.1 Å². The van der Waals surface area contributed by atoms with Gasteiger partial charge in [0.1, 0.15) is 5.82 Å². The third-order valence-corrected chi connectivity index (χ3v) is 3.24. The van der Waals surface area contributed by atoms with Crippen LogP contribution in [-0.2, 0) is 6.54 Å². The molecule has 1 unspecified atom stereocenters. The molecule has 3 heteroatoms. The van der Waals surface area contributed by atoms with E-state index in [-0.39, 0.29) is 11.9 Å². The molecule has 0 aromatic heterocycles. The van der Waals surface area contributed by atoms with Gasteiger partial charge in [-0.15, -0.1) is 0 Å². The van der Waals surface area contributed by atoms with E-state index in [9.17, 15) is 4.39 Å². The van der Waals surface area contributed by atoms with Gasteiger partial charge in [0.15, 0.2) is 0 Å². The van der Waals surface area contributed by atoms with Crippen LogP contribution < -0.4 is 5.32 Å². The lowest BCUT2D eigenvalue weighted by Gasteiger charge is -2.15. The van der Waals surface area contributed by atoms with Crippen molar-refractivity contribution in [3.8, 4) is 0 Å². The van der Waals surface area contributed by atoms with E-state index in [1.807, 2.05) is 24.3 Å². The van der Waals surface area contributed by atoms with Crippen LogP contribution in [0.4, 0.5) is 4.39 Å². The van der Waals surface area contributed by atoms with Crippen LogP contribution in [-0.4, -0.2) is 0 Å². The average molecular weight is 264 g/mol. The van der Waals surface area contributed by atoms with Gasteiger partial charge in [-0.25, -0.2) is 4.39 Å². The van der Waals surface area contributed by atoms with E-state index >= 15 is 0 Å². The van der Waals surface area contributed by atoms with E-state index in [2.05, 4.69) is 12.2 Å². The maximum atomic E-state index is 12.8. The fourth-order valence-electron chi connectivity index (χ4n) is 1.81. The van der Waals surface area contributed by atoms with Gasteiger partial charge in [-0.2, -0.15) is 0 Å². The van der Waals surface area contributed by atoms with Gasteiger partial charge < -0.3 is 5.32 Å². The van der Waals surface area contributed by atoms with Crippen molar-refractivity contribution < 1.29 is 4.39 Å². The normalized spacial score (nSPS) is 12.4. The van der Waals surface area contributed by atoms with E-state index in [1.54, 1.807) is 12.1 Å². The molecule has 0 aliphatic heterocycles. The lowest BCUT2D eigenvalue weighted by Crippen LogP contribution is -2.18. The SMILES string of the molecule is CC(NCc1ccc(F)cc1)c1ccccc1Cl. The Hall–Kier alpha value is -1.38. The minimum absolute atomic E-state index is 0.156. The van der Waals surface area contributed by atoms with Gasteiger partial charge in [0.05, 0.1) is 0 Å². The van der Waals surface area contributed by atoms with Gasteiger partial charge in [-0.05, 0) is 36.2 Å². The molecule has 2 aromatic rings. The Morgan fingerprint density at radius 2 is 1.78 bits per heavy atom. The molecular weight excluding hydrogens is 249 g/mol. The minimum atomic E-state index is -0.210. The number of nitrogens with one attached hydrogen (secondary N) is 1. The molecule has 2 rings (SSSR count). The van der Waals surface area contributed by atoms with Gasteiger partial charge in [0, 0.05) is 17.6 Å². The molecule has 1 atom stereocenters. The molecule has 1 nitrogen and oxygen atoms in total. The molecule has 0 saturated carbocycles. The Morgan fingerprint density at radius 1 is 1.11 bits per heavy atom. The summed E-state index contributed by atoms with van der Waals surface area (Å²) >= 11 is 6.13. The molecule has 0 aliphatic carbocycles. The van der Waals surface area contributed by atoms with Crippen molar-refractivity contribution in [2.45, 2.75) is 19.5 Å². The van der Waals surface area contributed by atoms with Crippen molar-refractivity contribution in [1.82, 2.24) is 5.32 Å². The minimum Gasteiger partial charge on any atom is -0.306 e. The summed E-state index contributed by atoms with van der Waals surface area (Å²) in [5, 5.41) is 4.13. The van der Waals surface area contributed by atoms with Crippen molar-refractivity contribution in [3.05, 3.63) is 70.5 Å². The summed E-state index contributed by atoms with van der Waals surface area (Å²) < 4.78 is 12.8. The van der Waals surface area contributed by atoms with Gasteiger partial charge in [-0.3, -0.25) is 0 Å². The topological polar surface area (TPSA) is 12.0 Å². The summed E-state index contributed by atoms with van der Waals surface area (Å²) in [4.78, 5) is 0. The quantitative estimate of drug-likeness (QED) is 0.866. The highest BCUT2D eigenvalue weighted by atomic mass is 35.5. The van der Waals surface area contributed by atoms with E-state index in [4.69, 9.17) is 11.6 Å². The zero-order valence-electron chi connectivity index (χ0n) is 10.2. The van der Waals surface area contributed by atoms with Crippen molar-refractivity contribution in [3.63, 3.8) is 0 Å². The number of rotatable bonds is 4. The van der Waals surface area contributed by atoms with E-state index < -0.39 is 0 Å². The predicted octanol–water partition coefficient (Wildman–Crippen LogP) is 4.33. The lowest BCUT2D eigenvalue weighted by molar-refractivity contribution is 0.573. The van der Waals surface area contributed by atoms with Gasteiger partial charge in [0.2, 0.25) is 0 Å². The monoisotopic (exact) mass is 263 g/mol. The molecule has 0 saturated heterocycles. The molecule has 2 aromatic carbocycles. The summed E-state index contributed by atoms with van der Waals surface area (Å²) in [6.45, 7) is 2.75. The Bertz CT molecular complexity index is 510. The molecule has 0 bridgehead atoms. The van der Waals surface area contributed by atoms with Crippen LogP contribution >= 0.6 is 11.6 Å². The Balaban J connectivity index is 1.98. The summed E-state index contributed by atoms with van der Waals surface area (Å²) in [5.41, 5.74) is 2.12. The van der Waals surface area contributed by atoms with Crippen molar-refractivity contribution in [2.24, 2.45) is 0 Å². The van der Waals surface area contributed by atoms with E-state index in [0.29, 0.717) is 6.54 Å². The van der Waals surface area contributed by atoms with Crippen LogP contribution in [0.25, 0.3) is 0 Å². The highest BCUT2D eigenvalue weighted by Crippen LogP contribution is 2.22. The van der Waals surface area contributed by atoms with Crippen molar-refractivity contribution in [2.75, 3.05) is 0 Å². The fraction of sp³-hybridized carbons (Fsp3) is 0.200. The summed E-state index contributed by atoms with van der Waals surface area (Å²) in [6.07, 6.45) is 0. The van der Waals surface area contributed by atoms with Gasteiger partial charge >= 0.3 is 0 Å². The zero-order chi connectivity index (χ0) is 13.0. The molecule has 0 amide bonds. The van der Waals surface area contributed by atoms with Crippen LogP contribution in [0.3, 0.4) is 0 Å². The second-order valence-corrected chi connectivity index (χ2v) is 4.66. The second kappa shape index (κ2) is 5.98. The highest BCUT2D eigenvalue weighted by Gasteiger charge is 2.08. The number of hydrogen-bond acceptors (Lipinski definition) is 1. The summed E-state index contributed by atoms with van der Waals surface area (Å²) in [6, 6.07) is 14.4. The maximum absolute atomic E-state index is 12.8. The average Bonchev–Trinajstić information content (AvgIpc) is 2.38. The van der Waals surface area contributed by atoms with Gasteiger partial charge in [0.25, 0.3) is 0 Å². The van der Waals surface area contributed by atoms with Crippen LogP contribution in [0.2, 0.25) is 5.02 Å². The first kappa shape index (κ1) is 13.1. The fourth-order valence-corrected chi connectivity index (χ4v) is 2.11. The van der Waals surface area contributed by atoms with Crippen LogP contribution in [0.5, 0.6) is 0 Å². The molecule has 18 heavy (non-hydrogen) atoms. The number of halogens is 2. The Kier molecular flexibility index (Phi) is 4.34. The first-order chi connectivity index (χ1) is 8.66. The molecule has 0 radical (unpaired) electrons. The molecule has 0 fully saturated rings. The summed E-state index contributed by atoms with van der Waals surface area (Å²) in [5.74, 6) is -0.210. The van der Waals surface area contributed by atoms with Gasteiger partial charge in [-0.1, -0.05) is 41.9 Å². The number of hydrogen-bond donors (Lipinski definition) is 1. The Labute approximate surface area is 112 Å². The first-order valence-corrected chi connectivity index (χ1v) is 6.27. The zero-order valence-corrected chi connectivity index (χ0v) is 10.9. The van der Waals surface area contributed by atoms with Crippen LogP contribution in [0.1, 0.15) is 24.1 Å². The molecule has 1 N–H and O–H groups in total. The molecule has 0 aliphatic rings. The third kappa shape index (κ3) is 3.31. The summed E-state index contributed by atoms with van der Waals surface area (Å²) in [7, 11) is 0. The maximum Gasteiger partial charge on any atom is 0.123 e. The highest BCUT2D eigenvalue weighted by molar-refractivity contribution is 6.31. The third-order valence-electron chi connectivity index (χ3n) is 2.90. The lowest BCUT2D eigenvalue weighted by atomic mass is 10.1. The second-order valence-electron chi connectivity index (χ2n) is 4.25. The van der Waals surface area contributed by atoms with E-state index in [1.165, 1.54) is 12.1 Å². The molecular formula is C15H15ClFN. The van der Waals surface area contributed by atoms with Crippen LogP contribution in [0.15, 0.2) is 48.5 Å². The van der Waals surface area contributed by atoms with Crippen molar-refractivity contribution >= 4 is 11.6 Å². The Morgan fingerprint density at radius 3 is 2.44 bits per heavy atom. The predicted molar refractivity (Wildman–Crippen MR) is 73.1 cm³/mol. The molecule has 0 spiro atoms. The standard InChI is InChI=1S/C15H15ClFN/c1-11(14-4-2-3-5-15(14)16)18-10-12-6-8-13(17)9-7-12/h2-9,11,18H,10H2,1H3. The van der Waals surface area contributed by atoms with Crippen LogP contribution in [0, 0.1) is 5.82 Å².